The summed E-state index contributed by atoms with van der Waals surface area (Å²) in [4.78, 5) is 12.7. The average Bonchev–Trinajstić information content (AvgIpc) is 2.45. The van der Waals surface area contributed by atoms with Crippen molar-refractivity contribution in [2.24, 2.45) is 4.99 Å². The molecule has 1 heterocycles. The Labute approximate surface area is 96.8 Å². The Balaban J connectivity index is 2.77. The summed E-state index contributed by atoms with van der Waals surface area (Å²) in [5.41, 5.74) is 0.932. The molecule has 5 nitrogen and oxygen atoms in total. The van der Waals surface area contributed by atoms with Crippen LogP contribution in [0.5, 0.6) is 0 Å². The molecule has 0 unspecified atom stereocenters. The van der Waals surface area contributed by atoms with E-state index in [1.54, 1.807) is 0 Å². The molecule has 0 fully saturated rings. The van der Waals surface area contributed by atoms with Crippen LogP contribution >= 0.6 is 0 Å². The highest BCUT2D eigenvalue weighted by atomic mass is 16.4. The number of aryl methyl sites for hydroxylation is 2. The number of rotatable bonds is 2. The molecule has 0 saturated heterocycles. The highest BCUT2D eigenvalue weighted by Crippen LogP contribution is 2.09. The summed E-state index contributed by atoms with van der Waals surface area (Å²) in [5.74, 6) is 2.42. The highest BCUT2D eigenvalue weighted by molar-refractivity contribution is 5.79. The Morgan fingerprint density at radius 3 is 2.12 bits per heavy atom. The molecular formula is C11H20N4O. The SMILES string of the molecule is Cc1nc(CN=C(N(C)C)N(C)C)oc1C. The smallest absolute Gasteiger partial charge is 0.216 e. The maximum absolute atomic E-state index is 5.47. The largest absolute Gasteiger partial charge is 0.444 e. The molecule has 0 saturated carbocycles. The molecule has 0 radical (unpaired) electrons. The number of oxazole rings is 1. The van der Waals surface area contributed by atoms with Gasteiger partial charge < -0.3 is 14.2 Å². The Hall–Kier alpha value is -1.52. The Bertz CT molecular complexity index is 350. The van der Waals surface area contributed by atoms with Gasteiger partial charge in [0.25, 0.3) is 0 Å². The number of guanidine groups is 1. The van der Waals surface area contributed by atoms with E-state index in [-0.39, 0.29) is 0 Å². The average molecular weight is 224 g/mol. The Morgan fingerprint density at radius 2 is 1.75 bits per heavy atom. The third kappa shape index (κ3) is 2.98. The van der Waals surface area contributed by atoms with Crippen molar-refractivity contribution in [1.82, 2.24) is 14.8 Å². The molecule has 1 aromatic heterocycles. The van der Waals surface area contributed by atoms with Crippen LogP contribution < -0.4 is 0 Å². The molecular weight excluding hydrogens is 204 g/mol. The van der Waals surface area contributed by atoms with Gasteiger partial charge in [0, 0.05) is 28.2 Å². The standard InChI is InChI=1S/C11H20N4O/c1-8-9(2)16-10(13-8)7-12-11(14(3)4)15(5)6/h7H2,1-6H3. The van der Waals surface area contributed by atoms with E-state index in [1.165, 1.54) is 0 Å². The fourth-order valence-corrected chi connectivity index (χ4v) is 1.43. The van der Waals surface area contributed by atoms with Gasteiger partial charge in [-0.05, 0) is 13.8 Å². The molecule has 5 heteroatoms. The van der Waals surface area contributed by atoms with Gasteiger partial charge in [0.1, 0.15) is 12.3 Å². The van der Waals surface area contributed by atoms with E-state index in [9.17, 15) is 0 Å². The minimum absolute atomic E-state index is 0.473. The van der Waals surface area contributed by atoms with Crippen molar-refractivity contribution in [2.75, 3.05) is 28.2 Å². The molecule has 0 aliphatic heterocycles. The normalized spacial score (nSPS) is 10.1. The second kappa shape index (κ2) is 5.01. The summed E-state index contributed by atoms with van der Waals surface area (Å²) < 4.78 is 5.47. The van der Waals surface area contributed by atoms with E-state index in [1.807, 2.05) is 51.8 Å². The van der Waals surface area contributed by atoms with Crippen molar-refractivity contribution in [3.8, 4) is 0 Å². The van der Waals surface area contributed by atoms with Crippen LogP contribution in [0.25, 0.3) is 0 Å². The van der Waals surface area contributed by atoms with E-state index in [4.69, 9.17) is 4.42 Å². The van der Waals surface area contributed by atoms with Crippen LogP contribution in [-0.4, -0.2) is 48.9 Å². The summed E-state index contributed by atoms with van der Waals surface area (Å²) in [7, 11) is 7.85. The van der Waals surface area contributed by atoms with Crippen LogP contribution in [0.15, 0.2) is 9.41 Å². The fraction of sp³-hybridized carbons (Fsp3) is 0.636. The van der Waals surface area contributed by atoms with Gasteiger partial charge in [-0.3, -0.25) is 0 Å². The third-order valence-electron chi connectivity index (χ3n) is 2.23. The Morgan fingerprint density at radius 1 is 1.19 bits per heavy atom. The number of nitrogens with zero attached hydrogens (tertiary/aromatic N) is 4. The number of hydrogen-bond donors (Lipinski definition) is 0. The van der Waals surface area contributed by atoms with Crippen LogP contribution in [0.3, 0.4) is 0 Å². The van der Waals surface area contributed by atoms with E-state index >= 15 is 0 Å². The van der Waals surface area contributed by atoms with Crippen LogP contribution in [0.2, 0.25) is 0 Å². The zero-order valence-corrected chi connectivity index (χ0v) is 10.9. The zero-order chi connectivity index (χ0) is 12.3. The molecule has 0 aliphatic carbocycles. The fourth-order valence-electron chi connectivity index (χ4n) is 1.43. The third-order valence-corrected chi connectivity index (χ3v) is 2.23. The van der Waals surface area contributed by atoms with Crippen molar-refractivity contribution in [1.29, 1.82) is 0 Å². The van der Waals surface area contributed by atoms with Gasteiger partial charge in [0.15, 0.2) is 5.96 Å². The molecule has 0 N–H and O–H groups in total. The predicted octanol–water partition coefficient (Wildman–Crippen LogP) is 1.27. The van der Waals surface area contributed by atoms with Crippen molar-refractivity contribution in [2.45, 2.75) is 20.4 Å². The zero-order valence-electron chi connectivity index (χ0n) is 10.9. The second-order valence-electron chi connectivity index (χ2n) is 4.15. The van der Waals surface area contributed by atoms with Gasteiger partial charge in [-0.2, -0.15) is 0 Å². The quantitative estimate of drug-likeness (QED) is 0.560. The van der Waals surface area contributed by atoms with E-state index in [2.05, 4.69) is 9.98 Å². The molecule has 0 bridgehead atoms. The minimum atomic E-state index is 0.473. The minimum Gasteiger partial charge on any atom is -0.444 e. The lowest BCUT2D eigenvalue weighted by Crippen LogP contribution is -2.35. The molecule has 16 heavy (non-hydrogen) atoms. The lowest BCUT2D eigenvalue weighted by Gasteiger charge is -2.22. The van der Waals surface area contributed by atoms with Crippen molar-refractivity contribution in [3.63, 3.8) is 0 Å². The molecule has 90 valence electrons. The molecule has 1 rings (SSSR count). The van der Waals surface area contributed by atoms with Crippen molar-refractivity contribution >= 4 is 5.96 Å². The molecule has 0 amide bonds. The van der Waals surface area contributed by atoms with Gasteiger partial charge in [-0.25, -0.2) is 9.98 Å². The number of aromatic nitrogens is 1. The van der Waals surface area contributed by atoms with Gasteiger partial charge in [-0.15, -0.1) is 0 Å². The summed E-state index contributed by atoms with van der Waals surface area (Å²) in [5, 5.41) is 0. The monoisotopic (exact) mass is 224 g/mol. The lowest BCUT2D eigenvalue weighted by atomic mass is 10.4. The second-order valence-corrected chi connectivity index (χ2v) is 4.15. The van der Waals surface area contributed by atoms with Gasteiger partial charge in [0.05, 0.1) is 5.69 Å². The molecule has 0 atom stereocenters. The Kier molecular flexibility index (Phi) is 3.93. The topological polar surface area (TPSA) is 44.9 Å². The predicted molar refractivity (Wildman–Crippen MR) is 64.5 cm³/mol. The lowest BCUT2D eigenvalue weighted by molar-refractivity contribution is 0.455. The maximum atomic E-state index is 5.47. The summed E-state index contributed by atoms with van der Waals surface area (Å²) >= 11 is 0. The summed E-state index contributed by atoms with van der Waals surface area (Å²) in [6, 6.07) is 0. The first kappa shape index (κ1) is 12.5. The van der Waals surface area contributed by atoms with E-state index < -0.39 is 0 Å². The molecule has 1 aromatic rings. The number of hydrogen-bond acceptors (Lipinski definition) is 3. The van der Waals surface area contributed by atoms with E-state index in [0.29, 0.717) is 12.4 Å². The maximum Gasteiger partial charge on any atom is 0.216 e. The van der Waals surface area contributed by atoms with Crippen molar-refractivity contribution in [3.05, 3.63) is 17.3 Å². The highest BCUT2D eigenvalue weighted by Gasteiger charge is 2.07. The first-order valence-electron chi connectivity index (χ1n) is 5.23. The van der Waals surface area contributed by atoms with Gasteiger partial charge >= 0.3 is 0 Å². The van der Waals surface area contributed by atoms with Crippen LogP contribution in [0.1, 0.15) is 17.3 Å². The van der Waals surface area contributed by atoms with Gasteiger partial charge in [-0.1, -0.05) is 0 Å². The first-order valence-corrected chi connectivity index (χ1v) is 5.23. The van der Waals surface area contributed by atoms with Crippen LogP contribution in [-0.2, 0) is 6.54 Å². The summed E-state index contributed by atoms with van der Waals surface area (Å²) in [6.07, 6.45) is 0. The molecule has 0 aliphatic rings. The molecule has 0 spiro atoms. The molecule has 0 aromatic carbocycles. The van der Waals surface area contributed by atoms with Crippen LogP contribution in [0.4, 0.5) is 0 Å². The number of aliphatic imine (C=N–C) groups is 1. The first-order chi connectivity index (χ1) is 7.41. The van der Waals surface area contributed by atoms with Crippen LogP contribution in [0, 0.1) is 13.8 Å². The van der Waals surface area contributed by atoms with Gasteiger partial charge in [0.2, 0.25) is 5.89 Å². The van der Waals surface area contributed by atoms with Crippen molar-refractivity contribution < 1.29 is 4.42 Å². The van der Waals surface area contributed by atoms with E-state index in [0.717, 1.165) is 17.4 Å². The summed E-state index contributed by atoms with van der Waals surface area (Å²) in [6.45, 7) is 4.32.